The first-order valence-electron chi connectivity index (χ1n) is 6.49. The number of amides is 1. The number of aryl methyl sites for hydroxylation is 4. The molecule has 2 rings (SSSR count). The van der Waals surface area contributed by atoms with Gasteiger partial charge in [0, 0.05) is 10.6 Å². The molecule has 1 amide bonds. The summed E-state index contributed by atoms with van der Waals surface area (Å²) in [5.74, 6) is -0.00907. The summed E-state index contributed by atoms with van der Waals surface area (Å²) in [6.07, 6.45) is 0.971. The van der Waals surface area contributed by atoms with Gasteiger partial charge in [-0.1, -0.05) is 25.1 Å². The standard InChI is InChI=1S/C16H19NOS/c1-5-13-9-14(19-12(13)4)16(18)17-15-10(2)7-6-8-11(15)3/h6-9H,5H2,1-4H3,(H,17,18). The lowest BCUT2D eigenvalue weighted by Crippen LogP contribution is -2.12. The fourth-order valence-corrected chi connectivity index (χ4v) is 3.18. The molecule has 1 N–H and O–H groups in total. The fraction of sp³-hybridized carbons (Fsp3) is 0.312. The quantitative estimate of drug-likeness (QED) is 0.877. The van der Waals surface area contributed by atoms with Gasteiger partial charge in [0.05, 0.1) is 4.88 Å². The number of thiophene rings is 1. The highest BCUT2D eigenvalue weighted by Crippen LogP contribution is 2.25. The van der Waals surface area contributed by atoms with E-state index in [1.54, 1.807) is 11.3 Å². The molecule has 1 heterocycles. The first kappa shape index (κ1) is 13.8. The molecule has 3 heteroatoms. The molecule has 2 nitrogen and oxygen atoms in total. The Morgan fingerprint density at radius 3 is 2.37 bits per heavy atom. The van der Waals surface area contributed by atoms with Gasteiger partial charge in [0.15, 0.2) is 0 Å². The number of benzene rings is 1. The lowest BCUT2D eigenvalue weighted by Gasteiger charge is -2.10. The van der Waals surface area contributed by atoms with Crippen LogP contribution in [0.3, 0.4) is 0 Å². The van der Waals surface area contributed by atoms with Gasteiger partial charge in [-0.2, -0.15) is 0 Å². The third-order valence-electron chi connectivity index (χ3n) is 3.34. The number of anilines is 1. The van der Waals surface area contributed by atoms with E-state index < -0.39 is 0 Å². The third-order valence-corrected chi connectivity index (χ3v) is 4.44. The van der Waals surface area contributed by atoms with Crippen LogP contribution in [0.1, 0.15) is 38.2 Å². The average Bonchev–Trinajstić information content (AvgIpc) is 2.75. The maximum absolute atomic E-state index is 12.3. The lowest BCUT2D eigenvalue weighted by atomic mass is 10.1. The van der Waals surface area contributed by atoms with Crippen LogP contribution >= 0.6 is 11.3 Å². The van der Waals surface area contributed by atoms with Gasteiger partial charge in [-0.3, -0.25) is 4.79 Å². The van der Waals surface area contributed by atoms with Crippen molar-refractivity contribution < 1.29 is 4.79 Å². The average molecular weight is 273 g/mol. The first-order valence-corrected chi connectivity index (χ1v) is 7.31. The summed E-state index contributed by atoms with van der Waals surface area (Å²) in [6.45, 7) is 8.21. The van der Waals surface area contributed by atoms with E-state index in [1.165, 1.54) is 10.4 Å². The first-order chi connectivity index (χ1) is 9.02. The van der Waals surface area contributed by atoms with Crippen LogP contribution in [0.5, 0.6) is 0 Å². The molecular weight excluding hydrogens is 254 g/mol. The van der Waals surface area contributed by atoms with Gasteiger partial charge in [0.1, 0.15) is 0 Å². The second-order valence-electron chi connectivity index (χ2n) is 4.77. The molecule has 0 bridgehead atoms. The molecule has 19 heavy (non-hydrogen) atoms. The van der Waals surface area contributed by atoms with Crippen LogP contribution < -0.4 is 5.32 Å². The van der Waals surface area contributed by atoms with Crippen molar-refractivity contribution in [2.24, 2.45) is 0 Å². The Morgan fingerprint density at radius 1 is 1.21 bits per heavy atom. The van der Waals surface area contributed by atoms with E-state index in [2.05, 4.69) is 19.2 Å². The Morgan fingerprint density at radius 2 is 1.84 bits per heavy atom. The largest absolute Gasteiger partial charge is 0.321 e. The Kier molecular flexibility index (Phi) is 4.05. The van der Waals surface area contributed by atoms with Crippen LogP contribution in [0.15, 0.2) is 24.3 Å². The lowest BCUT2D eigenvalue weighted by molar-refractivity contribution is 0.103. The van der Waals surface area contributed by atoms with Crippen LogP contribution in [-0.2, 0) is 6.42 Å². The molecule has 0 radical (unpaired) electrons. The van der Waals surface area contributed by atoms with Crippen LogP contribution in [0.2, 0.25) is 0 Å². The molecule has 0 aliphatic carbocycles. The van der Waals surface area contributed by atoms with Crippen molar-refractivity contribution in [3.63, 3.8) is 0 Å². The van der Waals surface area contributed by atoms with Gasteiger partial charge in [0.2, 0.25) is 0 Å². The van der Waals surface area contributed by atoms with Crippen LogP contribution in [-0.4, -0.2) is 5.91 Å². The molecule has 1 aromatic carbocycles. The molecular formula is C16H19NOS. The van der Waals surface area contributed by atoms with E-state index >= 15 is 0 Å². The van der Waals surface area contributed by atoms with Crippen LogP contribution in [0, 0.1) is 20.8 Å². The van der Waals surface area contributed by atoms with E-state index in [1.807, 2.05) is 38.1 Å². The molecule has 0 saturated carbocycles. The molecule has 0 spiro atoms. The number of hydrogen-bond donors (Lipinski definition) is 1. The van der Waals surface area contributed by atoms with Gasteiger partial charge >= 0.3 is 0 Å². The van der Waals surface area contributed by atoms with Crippen molar-refractivity contribution in [3.8, 4) is 0 Å². The summed E-state index contributed by atoms with van der Waals surface area (Å²) < 4.78 is 0. The second-order valence-corrected chi connectivity index (χ2v) is 6.02. The highest BCUT2D eigenvalue weighted by Gasteiger charge is 2.13. The number of para-hydroxylation sites is 1. The van der Waals surface area contributed by atoms with Crippen molar-refractivity contribution in [1.29, 1.82) is 0 Å². The zero-order valence-electron chi connectivity index (χ0n) is 11.8. The molecule has 0 aliphatic heterocycles. The van der Waals surface area contributed by atoms with Gasteiger partial charge in [-0.15, -0.1) is 11.3 Å². The molecule has 0 aliphatic rings. The number of carbonyl (C=O) groups is 1. The summed E-state index contributed by atoms with van der Waals surface area (Å²) in [5.41, 5.74) is 4.38. The zero-order chi connectivity index (χ0) is 14.0. The number of hydrogen-bond acceptors (Lipinski definition) is 2. The molecule has 0 saturated heterocycles. The zero-order valence-corrected chi connectivity index (χ0v) is 12.6. The van der Waals surface area contributed by atoms with Crippen LogP contribution in [0.4, 0.5) is 5.69 Å². The number of nitrogens with one attached hydrogen (secondary N) is 1. The molecule has 0 fully saturated rings. The minimum atomic E-state index is -0.00907. The maximum atomic E-state index is 12.3. The van der Waals surface area contributed by atoms with Gasteiger partial charge in [-0.05, 0) is 49.9 Å². The summed E-state index contributed by atoms with van der Waals surface area (Å²) in [5, 5.41) is 3.03. The summed E-state index contributed by atoms with van der Waals surface area (Å²) in [6, 6.07) is 8.03. The van der Waals surface area contributed by atoms with Crippen LogP contribution in [0.25, 0.3) is 0 Å². The Labute approximate surface area is 118 Å². The van der Waals surface area contributed by atoms with E-state index in [4.69, 9.17) is 0 Å². The Bertz CT molecular complexity index is 593. The van der Waals surface area contributed by atoms with Crippen molar-refractivity contribution in [2.45, 2.75) is 34.1 Å². The number of carbonyl (C=O) groups excluding carboxylic acids is 1. The number of rotatable bonds is 3. The topological polar surface area (TPSA) is 29.1 Å². The van der Waals surface area contributed by atoms with Gasteiger partial charge < -0.3 is 5.32 Å². The minimum Gasteiger partial charge on any atom is -0.321 e. The Hall–Kier alpha value is -1.61. The van der Waals surface area contributed by atoms with Crippen molar-refractivity contribution in [3.05, 3.63) is 50.7 Å². The summed E-state index contributed by atoms with van der Waals surface area (Å²) >= 11 is 1.57. The minimum absolute atomic E-state index is 0.00907. The summed E-state index contributed by atoms with van der Waals surface area (Å²) in [4.78, 5) is 14.3. The van der Waals surface area contributed by atoms with E-state index in [-0.39, 0.29) is 5.91 Å². The molecule has 0 unspecified atom stereocenters. The van der Waals surface area contributed by atoms with E-state index in [0.717, 1.165) is 28.1 Å². The predicted molar refractivity (Wildman–Crippen MR) is 82.3 cm³/mol. The molecule has 1 aromatic heterocycles. The highest BCUT2D eigenvalue weighted by atomic mass is 32.1. The molecule has 0 atom stereocenters. The fourth-order valence-electron chi connectivity index (χ4n) is 2.17. The van der Waals surface area contributed by atoms with Crippen molar-refractivity contribution in [1.82, 2.24) is 0 Å². The normalized spacial score (nSPS) is 10.5. The maximum Gasteiger partial charge on any atom is 0.265 e. The highest BCUT2D eigenvalue weighted by molar-refractivity contribution is 7.14. The van der Waals surface area contributed by atoms with Crippen molar-refractivity contribution in [2.75, 3.05) is 5.32 Å². The molecule has 2 aromatic rings. The third kappa shape index (κ3) is 2.87. The predicted octanol–water partition coefficient (Wildman–Crippen LogP) is 4.49. The smallest absolute Gasteiger partial charge is 0.265 e. The SMILES string of the molecule is CCc1cc(C(=O)Nc2c(C)cccc2C)sc1C. The van der Waals surface area contributed by atoms with Gasteiger partial charge in [-0.25, -0.2) is 0 Å². The van der Waals surface area contributed by atoms with E-state index in [9.17, 15) is 4.79 Å². The summed E-state index contributed by atoms with van der Waals surface area (Å²) in [7, 11) is 0. The van der Waals surface area contributed by atoms with Gasteiger partial charge in [0.25, 0.3) is 5.91 Å². The second kappa shape index (κ2) is 5.57. The van der Waals surface area contributed by atoms with Crippen molar-refractivity contribution >= 4 is 22.9 Å². The monoisotopic (exact) mass is 273 g/mol. The van der Waals surface area contributed by atoms with E-state index in [0.29, 0.717) is 0 Å². The Balaban J connectivity index is 2.25. The molecule has 100 valence electrons.